The van der Waals surface area contributed by atoms with Gasteiger partial charge in [-0.2, -0.15) is 0 Å². The first-order valence-electron chi connectivity index (χ1n) is 9.26. The summed E-state index contributed by atoms with van der Waals surface area (Å²) in [5.41, 5.74) is 0.654. The van der Waals surface area contributed by atoms with Crippen LogP contribution >= 0.6 is 23.8 Å². The Balaban J connectivity index is 1.75. The third-order valence-electron chi connectivity index (χ3n) is 4.85. The molecule has 1 atom stereocenters. The minimum atomic E-state index is -3.28. The normalized spacial score (nSPS) is 17.5. The number of thiocarbonyl (C=S) groups is 1. The number of halogens is 1. The number of piperazine rings is 1. The van der Waals surface area contributed by atoms with Gasteiger partial charge in [-0.15, -0.1) is 0 Å². The van der Waals surface area contributed by atoms with E-state index in [2.05, 4.69) is 38.9 Å². The van der Waals surface area contributed by atoms with Gasteiger partial charge in [-0.1, -0.05) is 31.5 Å². The van der Waals surface area contributed by atoms with Crippen molar-refractivity contribution in [3.05, 3.63) is 41.7 Å². The van der Waals surface area contributed by atoms with E-state index in [-0.39, 0.29) is 10.9 Å². The number of rotatable bonds is 4. The van der Waals surface area contributed by atoms with Gasteiger partial charge < -0.3 is 15.1 Å². The predicted molar refractivity (Wildman–Crippen MR) is 120 cm³/mol. The summed E-state index contributed by atoms with van der Waals surface area (Å²) in [6, 6.07) is 8.48. The van der Waals surface area contributed by atoms with Crippen LogP contribution in [0.3, 0.4) is 0 Å². The average molecular weight is 454 g/mol. The van der Waals surface area contributed by atoms with Crippen molar-refractivity contribution in [1.82, 2.24) is 14.9 Å². The van der Waals surface area contributed by atoms with Crippen LogP contribution in [-0.2, 0) is 9.84 Å². The van der Waals surface area contributed by atoms with E-state index in [9.17, 15) is 8.42 Å². The van der Waals surface area contributed by atoms with Gasteiger partial charge in [-0.05, 0) is 42.4 Å². The number of nitrogens with one attached hydrogen (secondary N) is 1. The molecule has 1 saturated heterocycles. The fourth-order valence-corrected chi connectivity index (χ4v) is 4.44. The third-order valence-corrected chi connectivity index (χ3v) is 6.51. The van der Waals surface area contributed by atoms with Gasteiger partial charge in [-0.25, -0.2) is 18.4 Å². The van der Waals surface area contributed by atoms with Crippen LogP contribution in [0.4, 0.5) is 11.6 Å². The monoisotopic (exact) mass is 453 g/mol. The molecule has 0 saturated carbocycles. The lowest BCUT2D eigenvalue weighted by Crippen LogP contribution is -2.58. The van der Waals surface area contributed by atoms with Crippen molar-refractivity contribution in [3.63, 3.8) is 0 Å². The van der Waals surface area contributed by atoms with E-state index in [0.29, 0.717) is 47.5 Å². The standard InChI is InChI=1S/C19H24ClN5O2S2/c1-13(2)16-12-24(18-21-8-7-17(20)23-18)9-10-25(16)19(28)22-14-5-4-6-15(11-14)29(3,26)27/h4-8,11,13,16H,9-10,12H2,1-3H3,(H,22,28). The molecule has 3 rings (SSSR count). The molecule has 1 N–H and O–H groups in total. The second kappa shape index (κ2) is 8.81. The highest BCUT2D eigenvalue weighted by Gasteiger charge is 2.32. The van der Waals surface area contributed by atoms with Gasteiger partial charge in [0, 0.05) is 37.8 Å². The molecule has 1 fully saturated rings. The summed E-state index contributed by atoms with van der Waals surface area (Å²) in [6.45, 7) is 6.40. The summed E-state index contributed by atoms with van der Waals surface area (Å²) < 4.78 is 23.6. The molecule has 2 aromatic rings. The molecule has 0 radical (unpaired) electrons. The van der Waals surface area contributed by atoms with E-state index in [1.54, 1.807) is 36.5 Å². The highest BCUT2D eigenvalue weighted by molar-refractivity contribution is 7.90. The molecule has 156 valence electrons. The Hall–Kier alpha value is -1.97. The largest absolute Gasteiger partial charge is 0.342 e. The Labute approximate surface area is 182 Å². The average Bonchev–Trinajstić information content (AvgIpc) is 2.67. The Morgan fingerprint density at radius 2 is 2.07 bits per heavy atom. The lowest BCUT2D eigenvalue weighted by Gasteiger charge is -2.44. The second-order valence-corrected chi connectivity index (χ2v) is 10.1. The molecular formula is C19H24ClN5O2S2. The van der Waals surface area contributed by atoms with E-state index in [0.717, 1.165) is 0 Å². The Morgan fingerprint density at radius 1 is 1.31 bits per heavy atom. The molecule has 0 bridgehead atoms. The van der Waals surface area contributed by atoms with Crippen LogP contribution in [0, 0.1) is 5.92 Å². The zero-order valence-corrected chi connectivity index (χ0v) is 18.9. The van der Waals surface area contributed by atoms with Crippen LogP contribution in [0.25, 0.3) is 0 Å². The molecule has 29 heavy (non-hydrogen) atoms. The molecule has 0 amide bonds. The summed E-state index contributed by atoms with van der Waals surface area (Å²) in [4.78, 5) is 13.2. The van der Waals surface area contributed by atoms with Crippen molar-refractivity contribution < 1.29 is 8.42 Å². The van der Waals surface area contributed by atoms with Crippen molar-refractivity contribution in [3.8, 4) is 0 Å². The maximum atomic E-state index is 11.8. The molecule has 1 aliphatic rings. The first-order chi connectivity index (χ1) is 13.6. The highest BCUT2D eigenvalue weighted by Crippen LogP contribution is 2.23. The quantitative estimate of drug-likeness (QED) is 0.559. The van der Waals surface area contributed by atoms with Crippen molar-refractivity contribution in [2.75, 3.05) is 36.1 Å². The fourth-order valence-electron chi connectivity index (χ4n) is 3.29. The number of anilines is 2. The predicted octanol–water partition coefficient (Wildman–Crippen LogP) is 3.08. The van der Waals surface area contributed by atoms with Gasteiger partial charge >= 0.3 is 0 Å². The van der Waals surface area contributed by atoms with Crippen molar-refractivity contribution in [1.29, 1.82) is 0 Å². The maximum Gasteiger partial charge on any atom is 0.226 e. The molecule has 10 heteroatoms. The molecule has 1 aromatic heterocycles. The number of benzene rings is 1. The van der Waals surface area contributed by atoms with Crippen molar-refractivity contribution in [2.45, 2.75) is 24.8 Å². The van der Waals surface area contributed by atoms with Crippen LogP contribution in [0.5, 0.6) is 0 Å². The van der Waals surface area contributed by atoms with Crippen LogP contribution < -0.4 is 10.2 Å². The van der Waals surface area contributed by atoms with Gasteiger partial charge in [0.15, 0.2) is 14.9 Å². The molecule has 2 heterocycles. The molecule has 7 nitrogen and oxygen atoms in total. The zero-order chi connectivity index (χ0) is 21.2. The van der Waals surface area contributed by atoms with Crippen LogP contribution in [-0.4, -0.2) is 60.3 Å². The highest BCUT2D eigenvalue weighted by atomic mass is 35.5. The first-order valence-corrected chi connectivity index (χ1v) is 11.9. The van der Waals surface area contributed by atoms with E-state index in [1.165, 1.54) is 6.26 Å². The SMILES string of the molecule is CC(C)C1CN(c2nccc(Cl)n2)CCN1C(=S)Nc1cccc(S(C)(=O)=O)c1. The van der Waals surface area contributed by atoms with E-state index in [4.69, 9.17) is 23.8 Å². The Morgan fingerprint density at radius 3 is 2.72 bits per heavy atom. The van der Waals surface area contributed by atoms with Crippen LogP contribution in [0.15, 0.2) is 41.4 Å². The van der Waals surface area contributed by atoms with Gasteiger partial charge in [0.2, 0.25) is 5.95 Å². The molecular weight excluding hydrogens is 430 g/mol. The van der Waals surface area contributed by atoms with E-state index in [1.807, 2.05) is 0 Å². The third kappa shape index (κ3) is 5.34. The van der Waals surface area contributed by atoms with E-state index < -0.39 is 9.84 Å². The van der Waals surface area contributed by atoms with E-state index >= 15 is 0 Å². The molecule has 1 aliphatic heterocycles. The topological polar surface area (TPSA) is 78.4 Å². The molecule has 1 aromatic carbocycles. The second-order valence-electron chi connectivity index (χ2n) is 7.36. The Bertz CT molecular complexity index is 1000. The van der Waals surface area contributed by atoms with Gasteiger partial charge in [0.1, 0.15) is 5.15 Å². The summed E-state index contributed by atoms with van der Waals surface area (Å²) in [7, 11) is -3.28. The van der Waals surface area contributed by atoms with Crippen molar-refractivity contribution >= 4 is 50.4 Å². The summed E-state index contributed by atoms with van der Waals surface area (Å²) in [6.07, 6.45) is 2.85. The smallest absolute Gasteiger partial charge is 0.226 e. The number of hydrogen-bond donors (Lipinski definition) is 1. The molecule has 0 aliphatic carbocycles. The number of nitrogens with zero attached hydrogens (tertiary/aromatic N) is 4. The van der Waals surface area contributed by atoms with Crippen LogP contribution in [0.2, 0.25) is 5.15 Å². The molecule has 1 unspecified atom stereocenters. The Kier molecular flexibility index (Phi) is 6.60. The zero-order valence-electron chi connectivity index (χ0n) is 16.5. The first kappa shape index (κ1) is 21.7. The number of hydrogen-bond acceptors (Lipinski definition) is 6. The maximum absolute atomic E-state index is 11.8. The molecule has 0 spiro atoms. The minimum absolute atomic E-state index is 0.143. The summed E-state index contributed by atoms with van der Waals surface area (Å²) in [5, 5.41) is 4.18. The number of aromatic nitrogens is 2. The fraction of sp³-hybridized carbons (Fsp3) is 0.421. The lowest BCUT2D eigenvalue weighted by molar-refractivity contribution is 0.226. The summed E-state index contributed by atoms with van der Waals surface area (Å²) >= 11 is 11.7. The van der Waals surface area contributed by atoms with Gasteiger partial charge in [0.05, 0.1) is 10.9 Å². The lowest BCUT2D eigenvalue weighted by atomic mass is 10.00. The van der Waals surface area contributed by atoms with Crippen molar-refractivity contribution in [2.24, 2.45) is 5.92 Å². The van der Waals surface area contributed by atoms with Gasteiger partial charge in [-0.3, -0.25) is 0 Å². The minimum Gasteiger partial charge on any atom is -0.342 e. The van der Waals surface area contributed by atoms with Crippen LogP contribution in [0.1, 0.15) is 13.8 Å². The van der Waals surface area contributed by atoms with Gasteiger partial charge in [0.25, 0.3) is 0 Å². The summed E-state index contributed by atoms with van der Waals surface area (Å²) in [5.74, 6) is 0.946. The number of sulfone groups is 1.